The molecule has 0 saturated carbocycles. The molecule has 82 valence electrons. The summed E-state index contributed by atoms with van der Waals surface area (Å²) >= 11 is 0. The summed E-state index contributed by atoms with van der Waals surface area (Å²) in [6.45, 7) is -1.73. The molecule has 2 nitrogen and oxygen atoms in total. The zero-order chi connectivity index (χ0) is 11.3. The first-order valence-corrected chi connectivity index (χ1v) is 4.22. The fourth-order valence-electron chi connectivity index (χ4n) is 0.995. The van der Waals surface area contributed by atoms with Crippen LogP contribution in [0.2, 0.25) is 0 Å². The second-order valence-corrected chi connectivity index (χ2v) is 2.84. The van der Waals surface area contributed by atoms with Gasteiger partial charge in [0.05, 0.1) is 0 Å². The number of hydrogen-bond donors (Lipinski definition) is 2. The van der Waals surface area contributed by atoms with Gasteiger partial charge in [0.15, 0.2) is 0 Å². The van der Waals surface area contributed by atoms with Crippen LogP contribution in [-0.2, 0) is 0 Å². The number of rotatable bonds is 0. The number of para-hydroxylation sites is 1. The number of benzene rings is 1. The molecule has 0 aliphatic heterocycles. The fraction of sp³-hybridized carbons (Fsp3) is 0.200. The van der Waals surface area contributed by atoms with Gasteiger partial charge in [0.25, 0.3) is 0 Å². The Morgan fingerprint density at radius 3 is 2.27 bits per heavy atom. The molecule has 15 heavy (non-hydrogen) atoms. The van der Waals surface area contributed by atoms with Crippen molar-refractivity contribution < 1.29 is 18.3 Å². The van der Waals surface area contributed by atoms with Crippen molar-refractivity contribution >= 4 is 10.9 Å². The Morgan fingerprint density at radius 2 is 1.73 bits per heavy atom. The maximum Gasteiger partial charge on any atom is 0.411 e. The van der Waals surface area contributed by atoms with E-state index < -0.39 is 12.8 Å². The fourth-order valence-corrected chi connectivity index (χ4v) is 0.995. The predicted octanol–water partition coefficient (Wildman–Crippen LogP) is 2.71. The summed E-state index contributed by atoms with van der Waals surface area (Å²) in [6.07, 6.45) is -2.45. The molecule has 0 atom stereocenters. The molecular formula is C10H10F3NO. The molecule has 0 bridgehead atoms. The van der Waals surface area contributed by atoms with E-state index in [0.29, 0.717) is 0 Å². The summed E-state index contributed by atoms with van der Waals surface area (Å²) in [6, 6.07) is 10.3. The van der Waals surface area contributed by atoms with Gasteiger partial charge in [-0.3, -0.25) is 0 Å². The van der Waals surface area contributed by atoms with Crippen molar-refractivity contribution in [2.45, 2.75) is 6.18 Å². The van der Waals surface area contributed by atoms with Gasteiger partial charge in [-0.15, -0.1) is 0 Å². The maximum atomic E-state index is 10.5. The first-order chi connectivity index (χ1) is 7.03. The van der Waals surface area contributed by atoms with Crippen molar-refractivity contribution in [3.8, 4) is 0 Å². The number of halogens is 3. The number of aliphatic hydroxyl groups excluding tert-OH is 1. The van der Waals surface area contributed by atoms with Crippen molar-refractivity contribution in [3.05, 3.63) is 36.5 Å². The second-order valence-electron chi connectivity index (χ2n) is 2.84. The van der Waals surface area contributed by atoms with Gasteiger partial charge in [-0.2, -0.15) is 13.2 Å². The van der Waals surface area contributed by atoms with E-state index in [0.717, 1.165) is 0 Å². The first-order valence-electron chi connectivity index (χ1n) is 4.22. The van der Waals surface area contributed by atoms with Crippen LogP contribution >= 0.6 is 0 Å². The van der Waals surface area contributed by atoms with E-state index in [4.69, 9.17) is 5.11 Å². The molecule has 1 aromatic heterocycles. The van der Waals surface area contributed by atoms with Crippen LogP contribution in [0.15, 0.2) is 36.5 Å². The SMILES string of the molecule is OCC(F)(F)F.c1ccc2[nH]ccc2c1. The molecule has 0 fully saturated rings. The summed E-state index contributed by atoms with van der Waals surface area (Å²) < 4.78 is 31.6. The van der Waals surface area contributed by atoms with Crippen molar-refractivity contribution in [2.24, 2.45) is 0 Å². The average Bonchev–Trinajstić information content (AvgIpc) is 2.65. The molecule has 0 amide bonds. The van der Waals surface area contributed by atoms with Gasteiger partial charge in [-0.05, 0) is 17.5 Å². The van der Waals surface area contributed by atoms with Crippen LogP contribution in [-0.4, -0.2) is 22.9 Å². The summed E-state index contributed by atoms with van der Waals surface area (Å²) in [5.41, 5.74) is 1.21. The Morgan fingerprint density at radius 1 is 1.13 bits per heavy atom. The zero-order valence-electron chi connectivity index (χ0n) is 7.75. The van der Waals surface area contributed by atoms with Gasteiger partial charge >= 0.3 is 6.18 Å². The van der Waals surface area contributed by atoms with Gasteiger partial charge in [0.1, 0.15) is 6.61 Å². The van der Waals surface area contributed by atoms with Gasteiger partial charge in [-0.25, -0.2) is 0 Å². The number of H-pyrrole nitrogens is 1. The molecule has 0 aliphatic rings. The number of nitrogens with one attached hydrogen (secondary N) is 1. The number of fused-ring (bicyclic) bond motifs is 1. The molecule has 0 saturated heterocycles. The van der Waals surface area contributed by atoms with Gasteiger partial charge in [0.2, 0.25) is 0 Å². The monoisotopic (exact) mass is 217 g/mol. The summed E-state index contributed by atoms with van der Waals surface area (Å²) in [5, 5.41) is 8.55. The Hall–Kier alpha value is -1.49. The van der Waals surface area contributed by atoms with E-state index in [2.05, 4.69) is 23.2 Å². The lowest BCUT2D eigenvalue weighted by Crippen LogP contribution is -2.12. The highest BCUT2D eigenvalue weighted by Crippen LogP contribution is 2.11. The van der Waals surface area contributed by atoms with Crippen LogP contribution in [0.5, 0.6) is 0 Å². The third kappa shape index (κ3) is 4.03. The number of aliphatic hydroxyl groups is 1. The minimum absolute atomic E-state index is 1.21. The third-order valence-electron chi connectivity index (χ3n) is 1.64. The number of aromatic nitrogens is 1. The van der Waals surface area contributed by atoms with Gasteiger partial charge in [-0.1, -0.05) is 18.2 Å². The van der Waals surface area contributed by atoms with E-state index >= 15 is 0 Å². The topological polar surface area (TPSA) is 36.0 Å². The summed E-state index contributed by atoms with van der Waals surface area (Å²) in [4.78, 5) is 3.12. The molecule has 2 rings (SSSR count). The maximum absolute atomic E-state index is 10.5. The summed E-state index contributed by atoms with van der Waals surface area (Å²) in [5.74, 6) is 0. The van der Waals surface area contributed by atoms with Crippen LogP contribution in [0.25, 0.3) is 10.9 Å². The smallest absolute Gasteiger partial charge is 0.387 e. The van der Waals surface area contributed by atoms with E-state index in [-0.39, 0.29) is 0 Å². The first kappa shape index (κ1) is 11.6. The lowest BCUT2D eigenvalue weighted by atomic mass is 10.3. The molecule has 1 heterocycles. The predicted molar refractivity (Wildman–Crippen MR) is 51.4 cm³/mol. The molecule has 5 heteroatoms. The van der Waals surface area contributed by atoms with Crippen LogP contribution < -0.4 is 0 Å². The number of alkyl halides is 3. The Bertz CT molecular complexity index is 378. The van der Waals surface area contributed by atoms with E-state index in [1.54, 1.807) is 0 Å². The molecule has 0 aliphatic carbocycles. The molecule has 2 N–H and O–H groups in total. The Labute approximate surface area is 84.3 Å². The van der Waals surface area contributed by atoms with Crippen molar-refractivity contribution in [1.29, 1.82) is 0 Å². The highest BCUT2D eigenvalue weighted by atomic mass is 19.4. The van der Waals surface area contributed by atoms with Crippen molar-refractivity contribution in [3.63, 3.8) is 0 Å². The quantitative estimate of drug-likeness (QED) is 0.699. The highest BCUT2D eigenvalue weighted by molar-refractivity contribution is 5.78. The lowest BCUT2D eigenvalue weighted by molar-refractivity contribution is -0.159. The molecule has 0 unspecified atom stereocenters. The molecule has 1 aromatic carbocycles. The molecule has 0 spiro atoms. The summed E-state index contributed by atoms with van der Waals surface area (Å²) in [7, 11) is 0. The van der Waals surface area contributed by atoms with Crippen LogP contribution in [0.1, 0.15) is 0 Å². The van der Waals surface area contributed by atoms with E-state index in [1.165, 1.54) is 10.9 Å². The standard InChI is InChI=1S/C8H7N.C2H3F3O/c1-2-4-8-7(3-1)5-6-9-8;3-2(4,5)1-6/h1-6,9H;6H,1H2. The van der Waals surface area contributed by atoms with Crippen LogP contribution in [0, 0.1) is 0 Å². The Balaban J connectivity index is 0.000000167. The van der Waals surface area contributed by atoms with E-state index in [1.807, 2.05) is 18.3 Å². The minimum atomic E-state index is -4.40. The number of aromatic amines is 1. The lowest BCUT2D eigenvalue weighted by Gasteiger charge is -1.95. The van der Waals surface area contributed by atoms with Crippen LogP contribution in [0.4, 0.5) is 13.2 Å². The molecule has 2 aromatic rings. The third-order valence-corrected chi connectivity index (χ3v) is 1.64. The highest BCUT2D eigenvalue weighted by Gasteiger charge is 2.24. The normalized spacial score (nSPS) is 10.9. The minimum Gasteiger partial charge on any atom is -0.387 e. The number of hydrogen-bond acceptors (Lipinski definition) is 1. The van der Waals surface area contributed by atoms with Crippen LogP contribution in [0.3, 0.4) is 0 Å². The Kier molecular flexibility index (Phi) is 3.74. The van der Waals surface area contributed by atoms with Crippen molar-refractivity contribution in [2.75, 3.05) is 6.61 Å². The average molecular weight is 217 g/mol. The van der Waals surface area contributed by atoms with Crippen molar-refractivity contribution in [1.82, 2.24) is 4.98 Å². The largest absolute Gasteiger partial charge is 0.411 e. The van der Waals surface area contributed by atoms with E-state index in [9.17, 15) is 13.2 Å². The van der Waals surface area contributed by atoms with Gasteiger partial charge < -0.3 is 10.1 Å². The molecule has 0 radical (unpaired) electrons. The zero-order valence-corrected chi connectivity index (χ0v) is 7.75. The second kappa shape index (κ2) is 4.84. The molecular weight excluding hydrogens is 207 g/mol. The van der Waals surface area contributed by atoms with Gasteiger partial charge in [0, 0.05) is 11.7 Å².